The van der Waals surface area contributed by atoms with Crippen LogP contribution in [0.15, 0.2) is 205 Å². The van der Waals surface area contributed by atoms with Crippen molar-refractivity contribution in [1.29, 1.82) is 0 Å². The molecule has 0 spiro atoms. The molecule has 0 amide bonds. The zero-order chi connectivity index (χ0) is 37.7. The molecule has 8 aromatic carbocycles. The maximum absolute atomic E-state index is 6.52. The Morgan fingerprint density at radius 3 is 1.61 bits per heavy atom. The van der Waals surface area contributed by atoms with Crippen LogP contribution in [0.1, 0.15) is 0 Å². The van der Waals surface area contributed by atoms with Gasteiger partial charge in [0.1, 0.15) is 11.2 Å². The van der Waals surface area contributed by atoms with Crippen molar-refractivity contribution in [1.82, 2.24) is 15.0 Å². The largest absolute Gasteiger partial charge is 0.456 e. The number of furan rings is 1. The molecule has 0 saturated carbocycles. The fourth-order valence-electron chi connectivity index (χ4n) is 8.16. The molecule has 0 aliphatic rings. The number of hydrogen-bond donors (Lipinski definition) is 0. The average molecular weight is 728 g/mol. The molecule has 57 heavy (non-hydrogen) atoms. The van der Waals surface area contributed by atoms with Gasteiger partial charge in [-0.05, 0) is 58.7 Å². The Morgan fingerprint density at radius 2 is 0.877 bits per heavy atom. The zero-order valence-electron chi connectivity index (χ0n) is 30.8. The Kier molecular flexibility index (Phi) is 7.78. The number of rotatable bonds is 6. The van der Waals surface area contributed by atoms with Crippen LogP contribution in [0.4, 0.5) is 0 Å². The van der Waals surface area contributed by atoms with E-state index in [0.717, 1.165) is 105 Å². The highest BCUT2D eigenvalue weighted by molar-refractivity contribution is 6.28. The van der Waals surface area contributed by atoms with Crippen molar-refractivity contribution in [3.63, 3.8) is 0 Å². The van der Waals surface area contributed by atoms with Crippen LogP contribution in [-0.4, -0.2) is 15.0 Å². The van der Waals surface area contributed by atoms with Gasteiger partial charge >= 0.3 is 0 Å². The minimum atomic E-state index is 0.692. The quantitative estimate of drug-likeness (QED) is 0.160. The molecule has 0 unspecified atom stereocenters. The van der Waals surface area contributed by atoms with Gasteiger partial charge in [-0.25, -0.2) is 15.0 Å². The Bertz CT molecular complexity index is 3260. The first-order valence-electron chi connectivity index (χ1n) is 19.2. The highest BCUT2D eigenvalue weighted by Gasteiger charge is 2.19. The smallest absolute Gasteiger partial charge is 0.161 e. The van der Waals surface area contributed by atoms with Crippen molar-refractivity contribution in [3.05, 3.63) is 200 Å². The van der Waals surface area contributed by atoms with Gasteiger partial charge < -0.3 is 4.42 Å². The van der Waals surface area contributed by atoms with Gasteiger partial charge in [-0.3, -0.25) is 0 Å². The summed E-state index contributed by atoms with van der Waals surface area (Å²) in [5.74, 6) is 0.692. The van der Waals surface area contributed by atoms with Crippen molar-refractivity contribution in [2.24, 2.45) is 0 Å². The maximum atomic E-state index is 6.52. The van der Waals surface area contributed by atoms with Gasteiger partial charge in [0.2, 0.25) is 0 Å². The summed E-state index contributed by atoms with van der Waals surface area (Å²) >= 11 is 0. The van der Waals surface area contributed by atoms with Crippen molar-refractivity contribution in [3.8, 4) is 67.4 Å². The van der Waals surface area contributed by atoms with E-state index in [9.17, 15) is 0 Å². The first-order valence-corrected chi connectivity index (χ1v) is 19.2. The zero-order valence-corrected chi connectivity index (χ0v) is 30.8. The standard InChI is InChI=1S/C53H33N3O/c1-4-14-35(15-5-1)40-20-10-11-21-41(40)53-55-46(36-16-6-2-7-17-36)33-47(56-53)37-26-24-34(25-27-37)39-28-30-48-44(32-39)51-49(57-48)31-29-43-50(51)42-22-12-13-23-45(42)54-52(43)38-18-8-3-9-19-38/h1-33H. The van der Waals surface area contributed by atoms with Crippen LogP contribution >= 0.6 is 0 Å². The van der Waals surface area contributed by atoms with E-state index >= 15 is 0 Å². The van der Waals surface area contributed by atoms with E-state index in [4.69, 9.17) is 19.4 Å². The Labute approximate surface area is 329 Å². The predicted molar refractivity (Wildman–Crippen MR) is 235 cm³/mol. The van der Waals surface area contributed by atoms with Crippen LogP contribution in [0, 0.1) is 0 Å². The second-order valence-corrected chi connectivity index (χ2v) is 14.3. The topological polar surface area (TPSA) is 51.8 Å². The van der Waals surface area contributed by atoms with Crippen molar-refractivity contribution < 1.29 is 4.42 Å². The number of hydrogen-bond acceptors (Lipinski definition) is 4. The molecular formula is C53H33N3O. The minimum Gasteiger partial charge on any atom is -0.456 e. The second-order valence-electron chi connectivity index (χ2n) is 14.3. The highest BCUT2D eigenvalue weighted by Crippen LogP contribution is 2.42. The molecule has 0 saturated heterocycles. The summed E-state index contributed by atoms with van der Waals surface area (Å²) in [4.78, 5) is 15.5. The van der Waals surface area contributed by atoms with Crippen LogP contribution in [0.25, 0.3) is 111 Å². The van der Waals surface area contributed by atoms with Gasteiger partial charge in [0.05, 0.1) is 22.6 Å². The van der Waals surface area contributed by atoms with Crippen LogP contribution in [-0.2, 0) is 0 Å². The van der Waals surface area contributed by atoms with E-state index in [2.05, 4.69) is 170 Å². The predicted octanol–water partition coefficient (Wildman–Crippen LogP) is 14.1. The molecule has 0 aliphatic heterocycles. The van der Waals surface area contributed by atoms with Gasteiger partial charge in [0.25, 0.3) is 0 Å². The van der Waals surface area contributed by atoms with E-state index in [-0.39, 0.29) is 0 Å². The Hall–Kier alpha value is -7.69. The van der Waals surface area contributed by atoms with Gasteiger partial charge in [-0.15, -0.1) is 0 Å². The molecule has 4 heteroatoms. The van der Waals surface area contributed by atoms with Crippen molar-refractivity contribution >= 4 is 43.6 Å². The van der Waals surface area contributed by atoms with Gasteiger partial charge in [0.15, 0.2) is 5.82 Å². The molecule has 0 atom stereocenters. The Balaban J connectivity index is 1.04. The molecule has 0 fully saturated rings. The number of fused-ring (bicyclic) bond motifs is 7. The molecule has 266 valence electrons. The summed E-state index contributed by atoms with van der Waals surface area (Å²) < 4.78 is 6.52. The SMILES string of the molecule is c1ccc(-c2cc(-c3ccc(-c4ccc5oc6ccc7c(-c8ccccc8)nc8ccccc8c7c6c5c4)cc3)nc(-c3ccccc3-c3ccccc3)n2)cc1. The van der Waals surface area contributed by atoms with Crippen LogP contribution in [0.3, 0.4) is 0 Å². The van der Waals surface area contributed by atoms with Crippen LogP contribution in [0.2, 0.25) is 0 Å². The summed E-state index contributed by atoms with van der Waals surface area (Å²) in [6.45, 7) is 0. The van der Waals surface area contributed by atoms with Gasteiger partial charge in [0, 0.05) is 49.2 Å². The number of aromatic nitrogens is 3. The molecule has 4 nitrogen and oxygen atoms in total. The number of nitrogens with zero attached hydrogens (tertiary/aromatic N) is 3. The monoisotopic (exact) mass is 727 g/mol. The molecule has 11 rings (SSSR count). The number of benzene rings is 8. The minimum absolute atomic E-state index is 0.692. The molecule has 0 bridgehead atoms. The highest BCUT2D eigenvalue weighted by atomic mass is 16.3. The second kappa shape index (κ2) is 13.6. The summed E-state index contributed by atoms with van der Waals surface area (Å²) in [7, 11) is 0. The fourth-order valence-corrected chi connectivity index (χ4v) is 8.16. The lowest BCUT2D eigenvalue weighted by Gasteiger charge is -2.13. The van der Waals surface area contributed by atoms with E-state index in [1.807, 2.05) is 30.3 Å². The molecule has 3 heterocycles. The Morgan fingerprint density at radius 1 is 0.316 bits per heavy atom. The summed E-state index contributed by atoms with van der Waals surface area (Å²) in [6.07, 6.45) is 0. The molecule has 0 radical (unpaired) electrons. The number of para-hydroxylation sites is 1. The third-order valence-corrected chi connectivity index (χ3v) is 10.9. The normalized spacial score (nSPS) is 11.5. The first-order chi connectivity index (χ1) is 28.2. The summed E-state index contributed by atoms with van der Waals surface area (Å²) in [5.41, 5.74) is 14.0. The van der Waals surface area contributed by atoms with E-state index in [0.29, 0.717) is 5.82 Å². The van der Waals surface area contributed by atoms with Crippen molar-refractivity contribution in [2.45, 2.75) is 0 Å². The maximum Gasteiger partial charge on any atom is 0.161 e. The molecule has 11 aromatic rings. The third kappa shape index (κ3) is 5.74. The lowest BCUT2D eigenvalue weighted by Crippen LogP contribution is -1.97. The van der Waals surface area contributed by atoms with Gasteiger partial charge in [-0.1, -0.05) is 164 Å². The van der Waals surface area contributed by atoms with Gasteiger partial charge in [-0.2, -0.15) is 0 Å². The number of pyridine rings is 1. The van der Waals surface area contributed by atoms with E-state index in [1.165, 1.54) is 0 Å². The molecule has 0 N–H and O–H groups in total. The van der Waals surface area contributed by atoms with Crippen LogP contribution in [0.5, 0.6) is 0 Å². The first kappa shape index (κ1) is 32.7. The molecule has 0 aliphatic carbocycles. The lowest BCUT2D eigenvalue weighted by atomic mass is 9.95. The average Bonchev–Trinajstić information content (AvgIpc) is 3.68. The van der Waals surface area contributed by atoms with Crippen LogP contribution < -0.4 is 0 Å². The summed E-state index contributed by atoms with van der Waals surface area (Å²) in [5, 5.41) is 5.56. The fraction of sp³-hybridized carbons (Fsp3) is 0. The molecular weight excluding hydrogens is 695 g/mol. The third-order valence-electron chi connectivity index (χ3n) is 10.9. The van der Waals surface area contributed by atoms with Crippen molar-refractivity contribution in [2.75, 3.05) is 0 Å². The summed E-state index contributed by atoms with van der Waals surface area (Å²) in [6, 6.07) is 69.5. The molecule has 3 aromatic heterocycles. The van der Waals surface area contributed by atoms with E-state index in [1.54, 1.807) is 0 Å². The lowest BCUT2D eigenvalue weighted by molar-refractivity contribution is 0.669. The van der Waals surface area contributed by atoms with E-state index < -0.39 is 0 Å².